The first kappa shape index (κ1) is 24.3. The Bertz CT molecular complexity index is 1750. The molecule has 0 saturated carbocycles. The number of thioether (sulfide) groups is 1. The summed E-state index contributed by atoms with van der Waals surface area (Å²) in [5.74, 6) is -0.0455. The van der Waals surface area contributed by atoms with Crippen molar-refractivity contribution >= 4 is 65.9 Å². The van der Waals surface area contributed by atoms with E-state index in [0.717, 1.165) is 68.5 Å². The van der Waals surface area contributed by atoms with Gasteiger partial charge in [0.05, 0.1) is 27.0 Å². The van der Waals surface area contributed by atoms with Crippen LogP contribution in [0.4, 0.5) is 5.13 Å². The van der Waals surface area contributed by atoms with Gasteiger partial charge in [-0.2, -0.15) is 0 Å². The van der Waals surface area contributed by atoms with Crippen LogP contribution in [0.2, 0.25) is 0 Å². The summed E-state index contributed by atoms with van der Waals surface area (Å²) in [4.78, 5) is 38.5. The van der Waals surface area contributed by atoms with Crippen LogP contribution in [0, 0.1) is 20.8 Å². The fraction of sp³-hybridized carbons (Fsp3) is 0.286. The van der Waals surface area contributed by atoms with E-state index in [1.807, 2.05) is 45.0 Å². The van der Waals surface area contributed by atoms with Gasteiger partial charge in [-0.15, -0.1) is 11.3 Å². The molecule has 1 aliphatic carbocycles. The third-order valence-corrected chi connectivity index (χ3v) is 9.73. The van der Waals surface area contributed by atoms with E-state index in [1.165, 1.54) is 33.5 Å². The van der Waals surface area contributed by atoms with Crippen molar-refractivity contribution < 1.29 is 4.79 Å². The summed E-state index contributed by atoms with van der Waals surface area (Å²) in [6.07, 6.45) is 4.18. The Kier molecular flexibility index (Phi) is 6.38. The number of thiazole rings is 1. The Morgan fingerprint density at radius 3 is 2.65 bits per heavy atom. The van der Waals surface area contributed by atoms with E-state index in [4.69, 9.17) is 4.98 Å². The van der Waals surface area contributed by atoms with Gasteiger partial charge in [0.25, 0.3) is 5.56 Å². The number of hydrogen-bond acceptors (Lipinski definition) is 7. The molecule has 37 heavy (non-hydrogen) atoms. The lowest BCUT2D eigenvalue weighted by Gasteiger charge is -2.15. The molecule has 1 N–H and O–H groups in total. The molecule has 6 nitrogen and oxygen atoms in total. The summed E-state index contributed by atoms with van der Waals surface area (Å²) in [7, 11) is 0. The molecule has 2 aromatic carbocycles. The van der Waals surface area contributed by atoms with Crippen LogP contribution in [0.3, 0.4) is 0 Å². The molecule has 0 unspecified atom stereocenters. The van der Waals surface area contributed by atoms with Crippen molar-refractivity contribution in [1.29, 1.82) is 0 Å². The minimum atomic E-state index is -0.173. The first-order valence-electron chi connectivity index (χ1n) is 12.3. The number of aryl methyl sites for hydroxylation is 5. The van der Waals surface area contributed by atoms with Crippen LogP contribution in [0.5, 0.6) is 0 Å². The lowest BCUT2D eigenvalue weighted by atomic mass is 9.97. The molecule has 0 radical (unpaired) electrons. The minimum absolute atomic E-state index is 0.0409. The summed E-state index contributed by atoms with van der Waals surface area (Å²) in [5.41, 5.74) is 6.11. The Morgan fingerprint density at radius 2 is 1.81 bits per heavy atom. The highest BCUT2D eigenvalue weighted by Gasteiger charge is 2.24. The summed E-state index contributed by atoms with van der Waals surface area (Å²) in [5, 5.41) is 4.79. The lowest BCUT2D eigenvalue weighted by molar-refractivity contribution is -0.113. The van der Waals surface area contributed by atoms with Crippen LogP contribution in [-0.2, 0) is 17.6 Å². The molecule has 9 heteroatoms. The summed E-state index contributed by atoms with van der Waals surface area (Å²) in [6.45, 7) is 6.09. The molecule has 0 spiro atoms. The van der Waals surface area contributed by atoms with E-state index >= 15 is 0 Å². The molecule has 0 saturated heterocycles. The number of thiophene rings is 1. The van der Waals surface area contributed by atoms with Gasteiger partial charge in [-0.3, -0.25) is 14.2 Å². The summed E-state index contributed by atoms with van der Waals surface area (Å²) in [6, 6.07) is 12.1. The van der Waals surface area contributed by atoms with Gasteiger partial charge >= 0.3 is 0 Å². The third kappa shape index (κ3) is 4.60. The van der Waals surface area contributed by atoms with Crippen molar-refractivity contribution in [3.05, 3.63) is 73.9 Å². The van der Waals surface area contributed by atoms with Crippen molar-refractivity contribution in [2.75, 3.05) is 11.1 Å². The quantitative estimate of drug-likeness (QED) is 0.199. The highest BCUT2D eigenvalue weighted by atomic mass is 32.2. The number of carbonyl (C=O) groups excluding carboxylic acids is 1. The normalized spacial score (nSPS) is 13.3. The number of fused-ring (bicyclic) bond motifs is 4. The second-order valence-corrected chi connectivity index (χ2v) is 12.6. The molecule has 0 fully saturated rings. The zero-order valence-corrected chi connectivity index (χ0v) is 23.3. The summed E-state index contributed by atoms with van der Waals surface area (Å²) < 4.78 is 2.75. The Balaban J connectivity index is 1.35. The van der Waals surface area contributed by atoms with E-state index in [-0.39, 0.29) is 17.2 Å². The van der Waals surface area contributed by atoms with E-state index in [1.54, 1.807) is 15.9 Å². The molecule has 1 aliphatic rings. The number of nitrogens with one attached hydrogen (secondary N) is 1. The van der Waals surface area contributed by atoms with Crippen LogP contribution < -0.4 is 10.9 Å². The number of anilines is 1. The molecule has 0 atom stereocenters. The SMILES string of the molecule is Cc1ccc(-n2c(SCC(=O)Nc3nc4ccc(C)cc4s3)nc3sc4c(c3c2=O)CCCC4)c(C)c1. The topological polar surface area (TPSA) is 76.9 Å². The average molecular weight is 547 g/mol. The van der Waals surface area contributed by atoms with Gasteiger partial charge in [0.15, 0.2) is 10.3 Å². The fourth-order valence-electron chi connectivity index (χ4n) is 4.92. The molecule has 3 heterocycles. The number of nitrogens with zero attached hydrogens (tertiary/aromatic N) is 3. The van der Waals surface area contributed by atoms with E-state index in [0.29, 0.717) is 10.3 Å². The molecule has 3 aromatic heterocycles. The number of hydrogen-bond donors (Lipinski definition) is 1. The number of benzene rings is 2. The van der Waals surface area contributed by atoms with E-state index in [2.05, 4.69) is 22.4 Å². The van der Waals surface area contributed by atoms with Gasteiger partial charge in [-0.25, -0.2) is 9.97 Å². The monoisotopic (exact) mass is 546 g/mol. The predicted octanol–water partition coefficient (Wildman–Crippen LogP) is 6.59. The number of carbonyl (C=O) groups is 1. The highest BCUT2D eigenvalue weighted by molar-refractivity contribution is 7.99. The van der Waals surface area contributed by atoms with Crippen LogP contribution in [0.15, 0.2) is 46.3 Å². The standard InChI is InChI=1S/C28H26N4O2S3/c1-15-9-11-20(17(3)12-15)32-26(34)24-18-6-4-5-7-21(18)36-25(24)31-28(32)35-14-23(33)30-27-29-19-10-8-16(2)13-22(19)37-27/h8-13H,4-7,14H2,1-3H3,(H,29,30,33). The van der Waals surface area contributed by atoms with Crippen molar-refractivity contribution in [2.24, 2.45) is 0 Å². The number of rotatable bonds is 5. The molecule has 188 valence electrons. The van der Waals surface area contributed by atoms with Gasteiger partial charge in [-0.05, 0) is 81.3 Å². The van der Waals surface area contributed by atoms with Crippen LogP contribution in [-0.4, -0.2) is 26.2 Å². The molecule has 5 aromatic rings. The zero-order chi connectivity index (χ0) is 25.7. The second kappa shape index (κ2) is 9.70. The largest absolute Gasteiger partial charge is 0.301 e. The van der Waals surface area contributed by atoms with Gasteiger partial charge in [0, 0.05) is 4.88 Å². The number of amides is 1. The Hall–Kier alpha value is -3.01. The molecular formula is C28H26N4O2S3. The van der Waals surface area contributed by atoms with Gasteiger partial charge < -0.3 is 5.32 Å². The van der Waals surface area contributed by atoms with Crippen molar-refractivity contribution in [1.82, 2.24) is 14.5 Å². The summed E-state index contributed by atoms with van der Waals surface area (Å²) >= 11 is 4.38. The molecular weight excluding hydrogens is 521 g/mol. The van der Waals surface area contributed by atoms with E-state index < -0.39 is 0 Å². The first-order valence-corrected chi connectivity index (χ1v) is 14.9. The van der Waals surface area contributed by atoms with Crippen molar-refractivity contribution in [3.63, 3.8) is 0 Å². The molecule has 1 amide bonds. The van der Waals surface area contributed by atoms with Crippen LogP contribution >= 0.6 is 34.4 Å². The van der Waals surface area contributed by atoms with Gasteiger partial charge in [-0.1, -0.05) is 46.9 Å². The maximum absolute atomic E-state index is 14.0. The lowest BCUT2D eigenvalue weighted by Crippen LogP contribution is -2.24. The fourth-order valence-corrected chi connectivity index (χ4v) is 8.01. The second-order valence-electron chi connectivity index (χ2n) is 9.54. The smallest absolute Gasteiger partial charge is 0.267 e. The zero-order valence-electron chi connectivity index (χ0n) is 20.9. The first-order chi connectivity index (χ1) is 17.9. The minimum Gasteiger partial charge on any atom is -0.301 e. The van der Waals surface area contributed by atoms with Crippen LogP contribution in [0.25, 0.3) is 26.1 Å². The average Bonchev–Trinajstić information content (AvgIpc) is 3.43. The Labute approximate surface area is 226 Å². The van der Waals surface area contributed by atoms with Gasteiger partial charge in [0.2, 0.25) is 5.91 Å². The maximum Gasteiger partial charge on any atom is 0.267 e. The highest BCUT2D eigenvalue weighted by Crippen LogP contribution is 2.35. The van der Waals surface area contributed by atoms with Crippen molar-refractivity contribution in [2.45, 2.75) is 51.6 Å². The third-order valence-electron chi connectivity index (χ3n) is 6.67. The molecule has 0 bridgehead atoms. The predicted molar refractivity (Wildman–Crippen MR) is 155 cm³/mol. The number of aromatic nitrogens is 3. The van der Waals surface area contributed by atoms with Crippen molar-refractivity contribution in [3.8, 4) is 5.69 Å². The van der Waals surface area contributed by atoms with Gasteiger partial charge in [0.1, 0.15) is 4.83 Å². The molecule has 0 aliphatic heterocycles. The van der Waals surface area contributed by atoms with Crippen LogP contribution in [0.1, 0.15) is 40.0 Å². The Morgan fingerprint density at radius 1 is 1.03 bits per heavy atom. The van der Waals surface area contributed by atoms with E-state index in [9.17, 15) is 9.59 Å². The maximum atomic E-state index is 14.0. The molecule has 6 rings (SSSR count).